The maximum Gasteiger partial charge on any atom is 0.258 e. The fourth-order valence-corrected chi connectivity index (χ4v) is 2.39. The van der Waals surface area contributed by atoms with E-state index in [1.54, 1.807) is 25.1 Å². The largest absolute Gasteiger partial charge is 0.325 e. The van der Waals surface area contributed by atoms with Gasteiger partial charge in [0.2, 0.25) is 5.91 Å². The van der Waals surface area contributed by atoms with Gasteiger partial charge >= 0.3 is 0 Å². The highest BCUT2D eigenvalue weighted by Crippen LogP contribution is 2.18. The molecule has 0 bridgehead atoms. The van der Waals surface area contributed by atoms with Gasteiger partial charge in [-0.2, -0.15) is 0 Å². The number of carbonyl (C=O) groups is 1. The zero-order valence-electron chi connectivity index (χ0n) is 13.0. The van der Waals surface area contributed by atoms with Gasteiger partial charge in [-0.3, -0.25) is 9.59 Å². The molecule has 5 nitrogen and oxygen atoms in total. The number of nitrogens with one attached hydrogen (secondary N) is 2. The number of aromatic nitrogens is 2. The van der Waals surface area contributed by atoms with Crippen LogP contribution in [0.4, 0.5) is 5.69 Å². The van der Waals surface area contributed by atoms with Crippen molar-refractivity contribution in [2.24, 2.45) is 0 Å². The van der Waals surface area contributed by atoms with Gasteiger partial charge in [0.05, 0.1) is 16.8 Å². The summed E-state index contributed by atoms with van der Waals surface area (Å²) in [5.74, 6) is -0.413. The Labute approximate surface area is 133 Å². The Morgan fingerprint density at radius 1 is 1.13 bits per heavy atom. The Morgan fingerprint density at radius 3 is 2.61 bits per heavy atom. The summed E-state index contributed by atoms with van der Waals surface area (Å²) in [7, 11) is 0. The van der Waals surface area contributed by atoms with Crippen LogP contribution >= 0.6 is 0 Å². The standard InChI is InChI=1S/C18H17N3O2/c1-11-7-3-5-9-14(11)20-17(22)12(2)16-19-15-10-6-4-8-13(15)18(23)21-16/h3-10,12H,1-2H3,(H,20,22)(H,19,21,23). The zero-order valence-corrected chi connectivity index (χ0v) is 13.0. The summed E-state index contributed by atoms with van der Waals surface area (Å²) in [6.07, 6.45) is 0. The third kappa shape index (κ3) is 2.99. The molecule has 3 aromatic rings. The molecule has 2 aromatic carbocycles. The summed E-state index contributed by atoms with van der Waals surface area (Å²) in [5, 5.41) is 3.39. The molecule has 1 atom stereocenters. The van der Waals surface area contributed by atoms with Gasteiger partial charge in [-0.05, 0) is 37.6 Å². The zero-order chi connectivity index (χ0) is 16.4. The number of benzene rings is 2. The van der Waals surface area contributed by atoms with Crippen LogP contribution in [0.15, 0.2) is 53.3 Å². The molecule has 1 amide bonds. The second-order valence-corrected chi connectivity index (χ2v) is 5.49. The Bertz CT molecular complexity index is 931. The van der Waals surface area contributed by atoms with E-state index >= 15 is 0 Å². The summed E-state index contributed by atoms with van der Waals surface area (Å²) in [6.45, 7) is 3.65. The van der Waals surface area contributed by atoms with Gasteiger partial charge in [0.15, 0.2) is 0 Å². The molecule has 23 heavy (non-hydrogen) atoms. The Morgan fingerprint density at radius 2 is 1.83 bits per heavy atom. The van der Waals surface area contributed by atoms with E-state index in [-0.39, 0.29) is 11.5 Å². The van der Waals surface area contributed by atoms with Crippen LogP contribution in [0.1, 0.15) is 24.2 Å². The minimum absolute atomic E-state index is 0.210. The lowest BCUT2D eigenvalue weighted by atomic mass is 10.1. The Hall–Kier alpha value is -2.95. The number of H-pyrrole nitrogens is 1. The summed E-state index contributed by atoms with van der Waals surface area (Å²) in [4.78, 5) is 31.7. The van der Waals surface area contributed by atoms with Gasteiger partial charge in [0.1, 0.15) is 5.82 Å². The van der Waals surface area contributed by atoms with E-state index in [4.69, 9.17) is 0 Å². The molecule has 2 N–H and O–H groups in total. The maximum absolute atomic E-state index is 12.4. The lowest BCUT2D eigenvalue weighted by molar-refractivity contribution is -0.117. The van der Waals surface area contributed by atoms with E-state index in [1.807, 2.05) is 37.3 Å². The van der Waals surface area contributed by atoms with Crippen molar-refractivity contribution in [2.45, 2.75) is 19.8 Å². The van der Waals surface area contributed by atoms with E-state index in [0.717, 1.165) is 11.3 Å². The molecular formula is C18H17N3O2. The predicted molar refractivity (Wildman–Crippen MR) is 90.6 cm³/mol. The molecule has 0 saturated carbocycles. The Balaban J connectivity index is 1.91. The van der Waals surface area contributed by atoms with Crippen LogP contribution in [0.3, 0.4) is 0 Å². The molecule has 1 unspecified atom stereocenters. The van der Waals surface area contributed by atoms with Crippen molar-refractivity contribution in [3.8, 4) is 0 Å². The van der Waals surface area contributed by atoms with Crippen LogP contribution in [0.25, 0.3) is 10.9 Å². The van der Waals surface area contributed by atoms with Crippen LogP contribution in [0, 0.1) is 6.92 Å². The molecule has 0 aliphatic heterocycles. The van der Waals surface area contributed by atoms with Crippen molar-refractivity contribution in [3.05, 3.63) is 70.3 Å². The highest BCUT2D eigenvalue weighted by atomic mass is 16.2. The minimum Gasteiger partial charge on any atom is -0.325 e. The van der Waals surface area contributed by atoms with Gasteiger partial charge in [-0.25, -0.2) is 4.98 Å². The van der Waals surface area contributed by atoms with Crippen LogP contribution in [-0.2, 0) is 4.79 Å². The number of hydrogen-bond donors (Lipinski definition) is 2. The number of nitrogens with zero attached hydrogens (tertiary/aromatic N) is 1. The molecule has 0 radical (unpaired) electrons. The van der Waals surface area contributed by atoms with E-state index in [0.29, 0.717) is 16.7 Å². The SMILES string of the molecule is Cc1ccccc1NC(=O)C(C)c1nc2ccccc2c(=O)[nH]1. The monoisotopic (exact) mass is 307 g/mol. The lowest BCUT2D eigenvalue weighted by Gasteiger charge is -2.13. The van der Waals surface area contributed by atoms with Crippen molar-refractivity contribution < 1.29 is 4.79 Å². The molecule has 1 heterocycles. The van der Waals surface area contributed by atoms with Crippen LogP contribution in [0.2, 0.25) is 0 Å². The summed E-state index contributed by atoms with van der Waals surface area (Å²) in [6, 6.07) is 14.6. The first-order valence-electron chi connectivity index (χ1n) is 7.41. The second kappa shape index (κ2) is 6.04. The number of hydrogen-bond acceptors (Lipinski definition) is 3. The maximum atomic E-state index is 12.4. The van der Waals surface area contributed by atoms with Crippen molar-refractivity contribution >= 4 is 22.5 Å². The molecule has 0 saturated heterocycles. The normalized spacial score (nSPS) is 12.1. The molecule has 3 rings (SSSR count). The number of carbonyl (C=O) groups excluding carboxylic acids is 1. The molecule has 0 aliphatic rings. The van der Waals surface area contributed by atoms with E-state index in [2.05, 4.69) is 15.3 Å². The van der Waals surface area contributed by atoms with Gasteiger partial charge in [0, 0.05) is 5.69 Å². The van der Waals surface area contributed by atoms with Crippen LogP contribution < -0.4 is 10.9 Å². The van der Waals surface area contributed by atoms with Crippen molar-refractivity contribution in [3.63, 3.8) is 0 Å². The number of anilines is 1. The quantitative estimate of drug-likeness (QED) is 0.781. The third-order valence-corrected chi connectivity index (χ3v) is 3.84. The highest BCUT2D eigenvalue weighted by molar-refractivity contribution is 5.95. The van der Waals surface area contributed by atoms with Crippen molar-refractivity contribution in [1.82, 2.24) is 9.97 Å². The van der Waals surface area contributed by atoms with E-state index < -0.39 is 5.92 Å². The van der Waals surface area contributed by atoms with Crippen LogP contribution in [-0.4, -0.2) is 15.9 Å². The second-order valence-electron chi connectivity index (χ2n) is 5.49. The topological polar surface area (TPSA) is 74.8 Å². The van der Waals surface area contributed by atoms with Gasteiger partial charge in [-0.1, -0.05) is 30.3 Å². The number of aryl methyl sites for hydroxylation is 1. The molecule has 0 spiro atoms. The minimum atomic E-state index is -0.563. The predicted octanol–water partition coefficient (Wildman–Crippen LogP) is 2.97. The fraction of sp³-hybridized carbons (Fsp3) is 0.167. The summed E-state index contributed by atoms with van der Waals surface area (Å²) in [5.41, 5.74) is 2.09. The lowest BCUT2D eigenvalue weighted by Crippen LogP contribution is -2.23. The average Bonchev–Trinajstić information content (AvgIpc) is 2.56. The first-order valence-corrected chi connectivity index (χ1v) is 7.41. The van der Waals surface area contributed by atoms with Gasteiger partial charge in [0.25, 0.3) is 5.56 Å². The number of amides is 1. The molecule has 0 fully saturated rings. The van der Waals surface area contributed by atoms with Crippen molar-refractivity contribution in [2.75, 3.05) is 5.32 Å². The van der Waals surface area contributed by atoms with E-state index in [9.17, 15) is 9.59 Å². The first-order chi connectivity index (χ1) is 11.1. The molecule has 5 heteroatoms. The summed E-state index contributed by atoms with van der Waals surface area (Å²) < 4.78 is 0. The fourth-order valence-electron chi connectivity index (χ4n) is 2.39. The van der Waals surface area contributed by atoms with Gasteiger partial charge < -0.3 is 10.3 Å². The Kier molecular flexibility index (Phi) is 3.93. The number of para-hydroxylation sites is 2. The smallest absolute Gasteiger partial charge is 0.258 e. The average molecular weight is 307 g/mol. The van der Waals surface area contributed by atoms with Crippen molar-refractivity contribution in [1.29, 1.82) is 0 Å². The third-order valence-electron chi connectivity index (χ3n) is 3.84. The van der Waals surface area contributed by atoms with Crippen LogP contribution in [0.5, 0.6) is 0 Å². The molecular weight excluding hydrogens is 290 g/mol. The first kappa shape index (κ1) is 15.0. The molecule has 116 valence electrons. The van der Waals surface area contributed by atoms with Gasteiger partial charge in [-0.15, -0.1) is 0 Å². The van der Waals surface area contributed by atoms with E-state index in [1.165, 1.54) is 0 Å². The molecule has 1 aromatic heterocycles. The number of fused-ring (bicyclic) bond motifs is 1. The highest BCUT2D eigenvalue weighted by Gasteiger charge is 2.19. The number of rotatable bonds is 3. The summed E-state index contributed by atoms with van der Waals surface area (Å²) >= 11 is 0. The number of aromatic amines is 1. The molecule has 0 aliphatic carbocycles.